The molecule has 24 heavy (non-hydrogen) atoms. The Morgan fingerprint density at radius 2 is 1.83 bits per heavy atom. The maximum Gasteiger partial charge on any atom is 0.310 e. The first-order chi connectivity index (χ1) is 11.3. The van der Waals surface area contributed by atoms with Crippen LogP contribution in [0.3, 0.4) is 0 Å². The van der Waals surface area contributed by atoms with Gasteiger partial charge in [-0.25, -0.2) is 0 Å². The van der Waals surface area contributed by atoms with Crippen LogP contribution < -0.4 is 0 Å². The lowest BCUT2D eigenvalue weighted by atomic mass is 10.1. The molecule has 1 aromatic rings. The molecule has 134 valence electrons. The highest BCUT2D eigenvalue weighted by Gasteiger charge is 2.22. The summed E-state index contributed by atoms with van der Waals surface area (Å²) in [5.74, 6) is -0.918. The first kappa shape index (κ1) is 20.7. The minimum atomic E-state index is -0.402. The monoisotopic (exact) mass is 374 g/mol. The van der Waals surface area contributed by atoms with Crippen molar-refractivity contribution in [1.29, 1.82) is 0 Å². The van der Waals surface area contributed by atoms with Gasteiger partial charge in [0.1, 0.15) is 0 Å². The summed E-state index contributed by atoms with van der Waals surface area (Å²) in [7, 11) is 5.29. The van der Waals surface area contributed by atoms with Gasteiger partial charge in [-0.1, -0.05) is 30.1 Å². The highest BCUT2D eigenvalue weighted by molar-refractivity contribution is 6.42. The zero-order valence-corrected chi connectivity index (χ0v) is 16.0. The van der Waals surface area contributed by atoms with Crippen LogP contribution >= 0.6 is 23.2 Å². The molecule has 0 fully saturated rings. The number of esters is 1. The second-order valence-corrected chi connectivity index (χ2v) is 6.78. The second-order valence-electron chi connectivity index (χ2n) is 5.96. The largest absolute Gasteiger partial charge is 0.469 e. The molecule has 0 aliphatic carbocycles. The van der Waals surface area contributed by atoms with Gasteiger partial charge >= 0.3 is 5.97 Å². The molecule has 7 heteroatoms. The molecule has 0 aliphatic heterocycles. The smallest absolute Gasteiger partial charge is 0.310 e. The van der Waals surface area contributed by atoms with Crippen LogP contribution in [0.15, 0.2) is 18.2 Å². The van der Waals surface area contributed by atoms with Crippen molar-refractivity contribution in [2.45, 2.75) is 13.3 Å². The Labute approximate surface area is 153 Å². The number of halogens is 2. The van der Waals surface area contributed by atoms with E-state index in [4.69, 9.17) is 27.9 Å². The van der Waals surface area contributed by atoms with Gasteiger partial charge in [-0.15, -0.1) is 0 Å². The van der Waals surface area contributed by atoms with Crippen LogP contribution in [-0.4, -0.2) is 62.5 Å². The maximum atomic E-state index is 12.8. The molecule has 0 spiro atoms. The standard InChI is InChI=1S/C17H24Cl2N2O3/c1-12(17(23)24-4)11-21(9-5-8-20(2)3)16(22)13-6-7-14(18)15(19)10-13/h6-7,10,12H,5,8-9,11H2,1-4H3. The number of nitrogens with zero attached hydrogens (tertiary/aromatic N) is 2. The van der Waals surface area contributed by atoms with E-state index >= 15 is 0 Å². The first-order valence-electron chi connectivity index (χ1n) is 7.73. The number of carbonyl (C=O) groups excluding carboxylic acids is 2. The fourth-order valence-electron chi connectivity index (χ4n) is 2.27. The highest BCUT2D eigenvalue weighted by atomic mass is 35.5. The molecule has 1 rings (SSSR count). The summed E-state index contributed by atoms with van der Waals surface area (Å²) in [5, 5.41) is 0.729. The number of rotatable bonds is 8. The topological polar surface area (TPSA) is 49.9 Å². The summed E-state index contributed by atoms with van der Waals surface area (Å²) in [6, 6.07) is 4.78. The molecule has 1 aromatic carbocycles. The Kier molecular flexibility index (Phi) is 8.53. The fourth-order valence-corrected chi connectivity index (χ4v) is 2.57. The molecule has 0 aliphatic rings. The van der Waals surface area contributed by atoms with Gasteiger partial charge in [0, 0.05) is 18.7 Å². The third-order valence-electron chi connectivity index (χ3n) is 3.58. The Morgan fingerprint density at radius 3 is 2.38 bits per heavy atom. The van der Waals surface area contributed by atoms with Gasteiger partial charge < -0.3 is 14.5 Å². The van der Waals surface area contributed by atoms with E-state index in [1.54, 1.807) is 30.0 Å². The fraction of sp³-hybridized carbons (Fsp3) is 0.529. The maximum absolute atomic E-state index is 12.8. The van der Waals surface area contributed by atoms with Crippen LogP contribution in [0.4, 0.5) is 0 Å². The summed E-state index contributed by atoms with van der Waals surface area (Å²) in [6.07, 6.45) is 0.800. The molecule has 1 amide bonds. The van der Waals surface area contributed by atoms with Gasteiger partial charge in [-0.3, -0.25) is 9.59 Å². The summed E-state index contributed by atoms with van der Waals surface area (Å²) in [6.45, 7) is 3.42. The molecule has 0 saturated heterocycles. The third-order valence-corrected chi connectivity index (χ3v) is 4.32. The van der Waals surface area contributed by atoms with E-state index in [0.717, 1.165) is 13.0 Å². The molecule has 0 aromatic heterocycles. The van der Waals surface area contributed by atoms with Crippen molar-refractivity contribution in [3.63, 3.8) is 0 Å². The van der Waals surface area contributed by atoms with Crippen LogP contribution in [0.25, 0.3) is 0 Å². The first-order valence-corrected chi connectivity index (χ1v) is 8.48. The van der Waals surface area contributed by atoms with Crippen LogP contribution in [0.2, 0.25) is 10.0 Å². The minimum absolute atomic E-state index is 0.178. The Bertz CT molecular complexity index is 579. The molecule has 0 heterocycles. The molecular weight excluding hydrogens is 351 g/mol. The molecule has 0 radical (unpaired) electrons. The number of hydrogen-bond donors (Lipinski definition) is 0. The third kappa shape index (κ3) is 6.30. The Balaban J connectivity index is 2.90. The predicted molar refractivity (Wildman–Crippen MR) is 96.7 cm³/mol. The summed E-state index contributed by atoms with van der Waals surface area (Å²) in [4.78, 5) is 28.2. The zero-order valence-electron chi connectivity index (χ0n) is 14.5. The lowest BCUT2D eigenvalue weighted by molar-refractivity contribution is -0.145. The van der Waals surface area contributed by atoms with Crippen LogP contribution in [0, 0.1) is 5.92 Å². The van der Waals surface area contributed by atoms with E-state index in [0.29, 0.717) is 28.7 Å². The van der Waals surface area contributed by atoms with Crippen molar-refractivity contribution >= 4 is 35.1 Å². The molecule has 0 saturated carbocycles. The van der Waals surface area contributed by atoms with Gasteiger partial charge in [0.2, 0.25) is 0 Å². The molecule has 1 atom stereocenters. The summed E-state index contributed by atoms with van der Waals surface area (Å²) < 4.78 is 4.75. The molecular formula is C17H24Cl2N2O3. The van der Waals surface area contributed by atoms with E-state index in [-0.39, 0.29) is 11.9 Å². The quantitative estimate of drug-likeness (QED) is 0.655. The van der Waals surface area contributed by atoms with E-state index in [1.165, 1.54) is 7.11 Å². The normalized spacial score (nSPS) is 12.1. The van der Waals surface area contributed by atoms with Gasteiger partial charge in [-0.05, 0) is 45.3 Å². The molecule has 0 bridgehead atoms. The average molecular weight is 375 g/mol. The predicted octanol–water partition coefficient (Wildman–Crippen LogP) is 3.20. The highest BCUT2D eigenvalue weighted by Crippen LogP contribution is 2.23. The molecule has 1 unspecified atom stereocenters. The van der Waals surface area contributed by atoms with Gasteiger partial charge in [0.05, 0.1) is 23.1 Å². The van der Waals surface area contributed by atoms with Gasteiger partial charge in [0.15, 0.2) is 0 Å². The number of carbonyl (C=O) groups is 2. The van der Waals surface area contributed by atoms with Crippen molar-refractivity contribution in [2.75, 3.05) is 40.8 Å². The number of benzene rings is 1. The van der Waals surface area contributed by atoms with Gasteiger partial charge in [0.25, 0.3) is 5.91 Å². The molecule has 5 nitrogen and oxygen atoms in total. The lowest BCUT2D eigenvalue weighted by Crippen LogP contribution is -2.38. The number of methoxy groups -OCH3 is 1. The SMILES string of the molecule is COC(=O)C(C)CN(CCCN(C)C)C(=O)c1ccc(Cl)c(Cl)c1. The van der Waals surface area contributed by atoms with Crippen LogP contribution in [-0.2, 0) is 9.53 Å². The van der Waals surface area contributed by atoms with E-state index in [2.05, 4.69) is 0 Å². The summed E-state index contributed by atoms with van der Waals surface area (Å²) >= 11 is 11.9. The Morgan fingerprint density at radius 1 is 1.17 bits per heavy atom. The number of hydrogen-bond acceptors (Lipinski definition) is 4. The van der Waals surface area contributed by atoms with E-state index in [1.807, 2.05) is 19.0 Å². The van der Waals surface area contributed by atoms with Crippen LogP contribution in [0.5, 0.6) is 0 Å². The lowest BCUT2D eigenvalue weighted by Gasteiger charge is -2.26. The average Bonchev–Trinajstić information content (AvgIpc) is 2.54. The Hall–Kier alpha value is -1.30. The van der Waals surface area contributed by atoms with E-state index in [9.17, 15) is 9.59 Å². The summed E-state index contributed by atoms with van der Waals surface area (Å²) in [5.41, 5.74) is 0.450. The second kappa shape index (κ2) is 9.87. The number of ether oxygens (including phenoxy) is 1. The minimum Gasteiger partial charge on any atom is -0.469 e. The van der Waals surface area contributed by atoms with Crippen LogP contribution in [0.1, 0.15) is 23.7 Å². The zero-order chi connectivity index (χ0) is 18.3. The van der Waals surface area contributed by atoms with Crippen molar-refractivity contribution in [2.24, 2.45) is 5.92 Å². The van der Waals surface area contributed by atoms with Crippen molar-refractivity contribution in [1.82, 2.24) is 9.80 Å². The van der Waals surface area contributed by atoms with Crippen molar-refractivity contribution in [3.05, 3.63) is 33.8 Å². The van der Waals surface area contributed by atoms with E-state index < -0.39 is 5.92 Å². The molecule has 0 N–H and O–H groups in total. The van der Waals surface area contributed by atoms with Gasteiger partial charge in [-0.2, -0.15) is 0 Å². The van der Waals surface area contributed by atoms with Crippen molar-refractivity contribution in [3.8, 4) is 0 Å². The van der Waals surface area contributed by atoms with Crippen molar-refractivity contribution < 1.29 is 14.3 Å². The number of amides is 1.